The first-order chi connectivity index (χ1) is 16.7. The number of hydrogen-bond acceptors (Lipinski definition) is 7. The highest BCUT2D eigenvalue weighted by molar-refractivity contribution is 5.92. The Morgan fingerprint density at radius 2 is 1.71 bits per heavy atom. The topological polar surface area (TPSA) is 98.9 Å². The highest BCUT2D eigenvalue weighted by Gasteiger charge is 2.23. The number of nitrogens with zero attached hydrogens (tertiary/aromatic N) is 6. The molecule has 1 saturated heterocycles. The van der Waals surface area contributed by atoms with E-state index in [0.717, 1.165) is 35.4 Å². The van der Waals surface area contributed by atoms with Crippen LogP contribution in [0.2, 0.25) is 0 Å². The minimum absolute atomic E-state index is 0.517. The molecule has 9 heteroatoms. The molecule has 0 saturated carbocycles. The van der Waals surface area contributed by atoms with Crippen molar-refractivity contribution in [1.82, 2.24) is 20.2 Å². The molecule has 1 aromatic heterocycles. The molecule has 0 amide bonds. The Bertz CT molecular complexity index is 1140. The van der Waals surface area contributed by atoms with Crippen molar-refractivity contribution in [3.8, 4) is 17.7 Å². The lowest BCUT2D eigenvalue weighted by atomic mass is 10.2. The fourth-order valence-electron chi connectivity index (χ4n) is 3.77. The number of anilines is 1. The number of methoxy groups -OCH3 is 2. The molecule has 0 radical (unpaired) electrons. The van der Waals surface area contributed by atoms with Gasteiger partial charge in [-0.15, -0.1) is 0 Å². The Morgan fingerprint density at radius 3 is 2.35 bits per heavy atom. The van der Waals surface area contributed by atoms with Gasteiger partial charge in [0, 0.05) is 37.6 Å². The summed E-state index contributed by atoms with van der Waals surface area (Å²) in [5.41, 5.74) is 1.89. The Hall–Kier alpha value is -4.06. The zero-order valence-corrected chi connectivity index (χ0v) is 20.2. The molecule has 0 atom stereocenters. The van der Waals surface area contributed by atoms with Gasteiger partial charge in [-0.2, -0.15) is 5.26 Å². The largest absolute Gasteiger partial charge is 0.493 e. The highest BCUT2D eigenvalue weighted by atomic mass is 16.5. The van der Waals surface area contributed by atoms with Gasteiger partial charge in [0.05, 0.1) is 26.3 Å². The number of nitrogens with one attached hydrogen (secondary N) is 1. The molecule has 1 N–H and O–H groups in total. The van der Waals surface area contributed by atoms with E-state index in [9.17, 15) is 5.26 Å². The number of fused-ring (bicyclic) bond motifs is 1. The third-order valence-corrected chi connectivity index (χ3v) is 5.42. The van der Waals surface area contributed by atoms with Crippen LogP contribution >= 0.6 is 0 Å². The fourth-order valence-corrected chi connectivity index (χ4v) is 3.77. The van der Waals surface area contributed by atoms with E-state index >= 15 is 0 Å². The number of piperazine rings is 1. The number of benzene rings is 2. The average Bonchev–Trinajstić information content (AvgIpc) is 2.91. The first-order valence-electron chi connectivity index (χ1n) is 11.3. The van der Waals surface area contributed by atoms with E-state index in [2.05, 4.69) is 30.1 Å². The summed E-state index contributed by atoms with van der Waals surface area (Å²) in [7, 11) is 3.22. The minimum Gasteiger partial charge on any atom is -0.493 e. The number of aromatic nitrogens is 2. The van der Waals surface area contributed by atoms with Gasteiger partial charge >= 0.3 is 0 Å². The molecule has 2 aromatic carbocycles. The predicted octanol–water partition coefficient (Wildman–Crippen LogP) is 3.42. The van der Waals surface area contributed by atoms with Crippen LogP contribution in [0.4, 0.5) is 5.82 Å². The molecule has 1 fully saturated rings. The van der Waals surface area contributed by atoms with Crippen LogP contribution in [-0.4, -0.2) is 61.2 Å². The number of rotatable bonds is 5. The second-order valence-corrected chi connectivity index (χ2v) is 7.26. The van der Waals surface area contributed by atoms with Crippen molar-refractivity contribution in [3.63, 3.8) is 0 Å². The second-order valence-electron chi connectivity index (χ2n) is 7.26. The number of ether oxygens (including phenoxy) is 2. The first kappa shape index (κ1) is 24.6. The van der Waals surface area contributed by atoms with E-state index in [1.165, 1.54) is 0 Å². The molecule has 0 unspecified atom stereocenters. The second kappa shape index (κ2) is 12.3. The molecule has 178 valence electrons. The number of aliphatic imine (C=N–C) groups is 1. The van der Waals surface area contributed by atoms with E-state index in [1.54, 1.807) is 20.5 Å². The van der Waals surface area contributed by atoms with Gasteiger partial charge in [0.2, 0.25) is 5.96 Å². The highest BCUT2D eigenvalue weighted by Crippen LogP contribution is 2.34. The molecule has 4 rings (SSSR count). The molecular formula is C25H31N7O2. The molecule has 0 aliphatic carbocycles. The maximum absolute atomic E-state index is 9.19. The lowest BCUT2D eigenvalue weighted by molar-refractivity contribution is 0.355. The minimum atomic E-state index is 0.517. The Kier molecular flexibility index (Phi) is 8.86. The van der Waals surface area contributed by atoms with Crippen LogP contribution in [0.25, 0.3) is 10.9 Å². The third kappa shape index (κ3) is 5.64. The van der Waals surface area contributed by atoms with Crippen LogP contribution < -0.4 is 19.7 Å². The average molecular weight is 462 g/mol. The van der Waals surface area contributed by atoms with Crippen molar-refractivity contribution < 1.29 is 9.47 Å². The summed E-state index contributed by atoms with van der Waals surface area (Å²) < 4.78 is 10.9. The Morgan fingerprint density at radius 1 is 1.03 bits per heavy atom. The van der Waals surface area contributed by atoms with E-state index in [0.29, 0.717) is 37.1 Å². The summed E-state index contributed by atoms with van der Waals surface area (Å²) in [5, 5.41) is 12.8. The standard InChI is InChI=1S/C23H25N7O2.C2H6/c1-31-20-12-18-19(13-21(20)32-2)27-16-28-22(18)29-8-10-30(11-9-29)23(26-15-24)25-14-17-6-4-3-5-7-17;1-2/h3-7,12-13,16H,8-11,14H2,1-2H3,(H,25,26);1-2H3. The van der Waals surface area contributed by atoms with Gasteiger partial charge in [-0.1, -0.05) is 44.2 Å². The fraction of sp³-hybridized carbons (Fsp3) is 0.360. The summed E-state index contributed by atoms with van der Waals surface area (Å²) in [6.45, 7) is 7.40. The predicted molar refractivity (Wildman–Crippen MR) is 134 cm³/mol. The van der Waals surface area contributed by atoms with E-state index < -0.39 is 0 Å². The van der Waals surface area contributed by atoms with Crippen molar-refractivity contribution in [1.29, 1.82) is 5.26 Å². The van der Waals surface area contributed by atoms with E-state index in [-0.39, 0.29) is 0 Å². The van der Waals surface area contributed by atoms with E-state index in [4.69, 9.17) is 9.47 Å². The number of nitriles is 1. The van der Waals surface area contributed by atoms with E-state index in [1.807, 2.05) is 62.5 Å². The molecule has 0 bridgehead atoms. The van der Waals surface area contributed by atoms with Gasteiger partial charge in [-0.05, 0) is 11.6 Å². The van der Waals surface area contributed by atoms with Crippen molar-refractivity contribution in [2.75, 3.05) is 45.3 Å². The van der Waals surface area contributed by atoms with Gasteiger partial charge in [0.25, 0.3) is 0 Å². The molecule has 1 aliphatic rings. The lowest BCUT2D eigenvalue weighted by Gasteiger charge is -2.36. The van der Waals surface area contributed by atoms with Crippen molar-refractivity contribution in [3.05, 3.63) is 54.4 Å². The van der Waals surface area contributed by atoms with Gasteiger partial charge in [-0.3, -0.25) is 5.32 Å². The number of guanidine groups is 1. The molecule has 0 spiro atoms. The maximum Gasteiger partial charge on any atom is 0.207 e. The van der Waals surface area contributed by atoms with Gasteiger partial charge in [0.1, 0.15) is 12.1 Å². The monoisotopic (exact) mass is 461 g/mol. The smallest absolute Gasteiger partial charge is 0.207 e. The molecule has 3 aromatic rings. The summed E-state index contributed by atoms with van der Waals surface area (Å²) in [4.78, 5) is 17.9. The van der Waals surface area contributed by atoms with Gasteiger partial charge < -0.3 is 19.3 Å². The normalized spacial score (nSPS) is 13.6. The van der Waals surface area contributed by atoms with Gasteiger partial charge in [0.15, 0.2) is 17.7 Å². The van der Waals surface area contributed by atoms with Crippen molar-refractivity contribution in [2.24, 2.45) is 4.99 Å². The Labute approximate surface area is 200 Å². The van der Waals surface area contributed by atoms with Crippen molar-refractivity contribution >= 4 is 22.7 Å². The molecular weight excluding hydrogens is 430 g/mol. The van der Waals surface area contributed by atoms with Gasteiger partial charge in [-0.25, -0.2) is 15.0 Å². The summed E-state index contributed by atoms with van der Waals surface area (Å²) >= 11 is 0. The summed E-state index contributed by atoms with van der Waals surface area (Å²) in [6, 6.07) is 13.8. The van der Waals surface area contributed by atoms with Crippen LogP contribution in [0, 0.1) is 11.5 Å². The Balaban J connectivity index is 0.00000158. The quantitative estimate of drug-likeness (QED) is 0.267. The molecule has 34 heavy (non-hydrogen) atoms. The van der Waals surface area contributed by atoms with Crippen LogP contribution in [0.15, 0.2) is 53.8 Å². The zero-order chi connectivity index (χ0) is 24.3. The zero-order valence-electron chi connectivity index (χ0n) is 20.2. The first-order valence-corrected chi connectivity index (χ1v) is 11.3. The van der Waals surface area contributed by atoms with Crippen molar-refractivity contribution in [2.45, 2.75) is 20.4 Å². The molecule has 2 heterocycles. The SMILES string of the molecule is CC.COc1cc2ncnc(N3CCN(C(=NCc4ccccc4)NC#N)CC3)c2cc1OC. The lowest BCUT2D eigenvalue weighted by Crippen LogP contribution is -2.52. The summed E-state index contributed by atoms with van der Waals surface area (Å²) in [5.74, 6) is 2.72. The van der Waals surface area contributed by atoms with Crippen LogP contribution in [0.3, 0.4) is 0 Å². The van der Waals surface area contributed by atoms with Crippen LogP contribution in [0.5, 0.6) is 11.5 Å². The maximum atomic E-state index is 9.19. The summed E-state index contributed by atoms with van der Waals surface area (Å²) in [6.07, 6.45) is 3.58. The molecule has 9 nitrogen and oxygen atoms in total. The van der Waals surface area contributed by atoms with Crippen LogP contribution in [0.1, 0.15) is 19.4 Å². The number of hydrogen-bond donors (Lipinski definition) is 1. The van der Waals surface area contributed by atoms with Crippen LogP contribution in [-0.2, 0) is 6.54 Å². The third-order valence-electron chi connectivity index (χ3n) is 5.42. The molecule has 1 aliphatic heterocycles.